The standard InChI is InChI=1S/C50H33NO/c1-3-12-37(13-4-1)47-33-48-45-30-25-40(32-49(45)52-50(48)46-18-10-9-17-44(46)47)36-23-28-43(29-24-36)51(41-15-5-2-6-16-41)42-26-21-35(22-27-42)39-20-19-34-11-7-8-14-38(34)31-39/h1-33H. The van der Waals surface area contributed by atoms with E-state index in [9.17, 15) is 0 Å². The summed E-state index contributed by atoms with van der Waals surface area (Å²) in [5, 5.41) is 7.10. The second-order valence-electron chi connectivity index (χ2n) is 13.4. The highest BCUT2D eigenvalue weighted by Crippen LogP contribution is 2.41. The summed E-state index contributed by atoms with van der Waals surface area (Å²) in [6, 6.07) is 71.5. The van der Waals surface area contributed by atoms with Gasteiger partial charge < -0.3 is 9.32 Å². The van der Waals surface area contributed by atoms with Gasteiger partial charge in [-0.15, -0.1) is 0 Å². The zero-order valence-corrected chi connectivity index (χ0v) is 28.4. The van der Waals surface area contributed by atoms with Gasteiger partial charge in [0.05, 0.1) is 0 Å². The maximum absolute atomic E-state index is 6.65. The van der Waals surface area contributed by atoms with Crippen LogP contribution in [0.2, 0.25) is 0 Å². The Morgan fingerprint density at radius 3 is 1.56 bits per heavy atom. The molecule has 1 aromatic heterocycles. The van der Waals surface area contributed by atoms with Crippen LogP contribution < -0.4 is 4.90 Å². The number of hydrogen-bond acceptors (Lipinski definition) is 2. The summed E-state index contributed by atoms with van der Waals surface area (Å²) >= 11 is 0. The average molecular weight is 664 g/mol. The van der Waals surface area contributed by atoms with Gasteiger partial charge in [-0.3, -0.25) is 0 Å². The molecule has 10 aromatic rings. The Morgan fingerprint density at radius 2 is 0.846 bits per heavy atom. The molecular weight excluding hydrogens is 631 g/mol. The fourth-order valence-corrected chi connectivity index (χ4v) is 7.63. The van der Waals surface area contributed by atoms with Crippen LogP contribution in [-0.2, 0) is 0 Å². The predicted octanol–water partition coefficient (Wildman–Crippen LogP) is 14.4. The third-order valence-corrected chi connectivity index (χ3v) is 10.2. The molecule has 0 radical (unpaired) electrons. The molecule has 0 N–H and O–H groups in total. The first-order chi connectivity index (χ1) is 25.8. The molecule has 9 aromatic carbocycles. The van der Waals surface area contributed by atoms with Crippen molar-refractivity contribution in [2.24, 2.45) is 0 Å². The van der Waals surface area contributed by atoms with Crippen LogP contribution in [0.25, 0.3) is 76.9 Å². The first-order valence-corrected chi connectivity index (χ1v) is 17.8. The highest BCUT2D eigenvalue weighted by molar-refractivity contribution is 6.19. The van der Waals surface area contributed by atoms with Gasteiger partial charge in [-0.2, -0.15) is 0 Å². The molecule has 2 nitrogen and oxygen atoms in total. The quantitative estimate of drug-likeness (QED) is 0.176. The zero-order valence-electron chi connectivity index (χ0n) is 28.4. The summed E-state index contributed by atoms with van der Waals surface area (Å²) in [4.78, 5) is 2.31. The van der Waals surface area contributed by atoms with Crippen molar-refractivity contribution in [3.8, 4) is 33.4 Å². The average Bonchev–Trinajstić information content (AvgIpc) is 3.60. The third kappa shape index (κ3) is 5.21. The van der Waals surface area contributed by atoms with Crippen molar-refractivity contribution in [2.75, 3.05) is 4.90 Å². The Balaban J connectivity index is 1.01. The lowest BCUT2D eigenvalue weighted by Gasteiger charge is -2.26. The number of hydrogen-bond donors (Lipinski definition) is 0. The van der Waals surface area contributed by atoms with Crippen molar-refractivity contribution in [3.63, 3.8) is 0 Å². The van der Waals surface area contributed by atoms with Crippen molar-refractivity contribution in [2.45, 2.75) is 0 Å². The Bertz CT molecular complexity index is 2870. The van der Waals surface area contributed by atoms with E-state index in [1.807, 2.05) is 0 Å². The fourth-order valence-electron chi connectivity index (χ4n) is 7.63. The monoisotopic (exact) mass is 663 g/mol. The van der Waals surface area contributed by atoms with Crippen LogP contribution in [0.5, 0.6) is 0 Å². The second kappa shape index (κ2) is 12.5. The van der Waals surface area contributed by atoms with Gasteiger partial charge >= 0.3 is 0 Å². The molecule has 0 spiro atoms. The van der Waals surface area contributed by atoms with E-state index < -0.39 is 0 Å². The summed E-state index contributed by atoms with van der Waals surface area (Å²) in [7, 11) is 0. The molecule has 0 aliphatic rings. The van der Waals surface area contributed by atoms with Gasteiger partial charge in [0.15, 0.2) is 0 Å². The summed E-state index contributed by atoms with van der Waals surface area (Å²) < 4.78 is 6.65. The predicted molar refractivity (Wildman–Crippen MR) is 220 cm³/mol. The van der Waals surface area contributed by atoms with E-state index in [0.29, 0.717) is 0 Å². The van der Waals surface area contributed by atoms with E-state index in [2.05, 4.69) is 205 Å². The van der Waals surface area contributed by atoms with Crippen LogP contribution in [0.4, 0.5) is 17.1 Å². The van der Waals surface area contributed by atoms with E-state index in [1.165, 1.54) is 38.4 Å². The molecule has 0 saturated carbocycles. The van der Waals surface area contributed by atoms with E-state index >= 15 is 0 Å². The highest BCUT2D eigenvalue weighted by Gasteiger charge is 2.17. The number of nitrogens with zero attached hydrogens (tertiary/aromatic N) is 1. The van der Waals surface area contributed by atoms with E-state index in [0.717, 1.165) is 55.5 Å². The summed E-state index contributed by atoms with van der Waals surface area (Å²) in [5.74, 6) is 0. The molecule has 0 atom stereocenters. The van der Waals surface area contributed by atoms with Crippen molar-refractivity contribution in [1.82, 2.24) is 0 Å². The van der Waals surface area contributed by atoms with Crippen LogP contribution in [-0.4, -0.2) is 0 Å². The highest BCUT2D eigenvalue weighted by atomic mass is 16.3. The minimum atomic E-state index is 0.893. The van der Waals surface area contributed by atoms with Crippen LogP contribution in [0.3, 0.4) is 0 Å². The van der Waals surface area contributed by atoms with E-state index in [1.54, 1.807) is 0 Å². The molecule has 1 heterocycles. The third-order valence-electron chi connectivity index (χ3n) is 10.2. The second-order valence-corrected chi connectivity index (χ2v) is 13.4. The van der Waals surface area contributed by atoms with Gasteiger partial charge in [0, 0.05) is 33.2 Å². The van der Waals surface area contributed by atoms with Gasteiger partial charge in [0.2, 0.25) is 0 Å². The molecule has 0 unspecified atom stereocenters. The Labute approximate surface area is 302 Å². The largest absolute Gasteiger partial charge is 0.455 e. The van der Waals surface area contributed by atoms with Crippen LogP contribution >= 0.6 is 0 Å². The number of fused-ring (bicyclic) bond motifs is 6. The maximum atomic E-state index is 6.65. The summed E-state index contributed by atoms with van der Waals surface area (Å²) in [6.07, 6.45) is 0. The van der Waals surface area contributed by atoms with Gasteiger partial charge in [0.1, 0.15) is 11.2 Å². The Morgan fingerprint density at radius 1 is 0.308 bits per heavy atom. The molecule has 0 aliphatic carbocycles. The number of rotatable bonds is 6. The first-order valence-electron chi connectivity index (χ1n) is 17.8. The molecular formula is C50H33NO. The van der Waals surface area contributed by atoms with Gasteiger partial charge in [-0.05, 0) is 110 Å². The van der Waals surface area contributed by atoms with Crippen LogP contribution in [0.15, 0.2) is 205 Å². The first kappa shape index (κ1) is 30.0. The topological polar surface area (TPSA) is 16.4 Å². The zero-order chi connectivity index (χ0) is 34.4. The van der Waals surface area contributed by atoms with Gasteiger partial charge in [-0.25, -0.2) is 0 Å². The van der Waals surface area contributed by atoms with Crippen molar-refractivity contribution in [3.05, 3.63) is 200 Å². The fraction of sp³-hybridized carbons (Fsp3) is 0. The number of furan rings is 1. The molecule has 0 aliphatic heterocycles. The smallest absolute Gasteiger partial charge is 0.143 e. The Kier molecular flexibility index (Phi) is 7.18. The molecule has 52 heavy (non-hydrogen) atoms. The number of anilines is 3. The van der Waals surface area contributed by atoms with Gasteiger partial charge in [-0.1, -0.05) is 140 Å². The molecule has 2 heteroatoms. The number of para-hydroxylation sites is 1. The molecule has 244 valence electrons. The molecule has 0 amide bonds. The van der Waals surface area contributed by atoms with E-state index in [4.69, 9.17) is 4.42 Å². The minimum absolute atomic E-state index is 0.893. The van der Waals surface area contributed by atoms with Crippen LogP contribution in [0.1, 0.15) is 0 Å². The normalized spacial score (nSPS) is 11.5. The minimum Gasteiger partial charge on any atom is -0.455 e. The summed E-state index contributed by atoms with van der Waals surface area (Å²) in [6.45, 7) is 0. The molecule has 0 fully saturated rings. The maximum Gasteiger partial charge on any atom is 0.143 e. The van der Waals surface area contributed by atoms with Crippen molar-refractivity contribution >= 4 is 60.5 Å². The summed E-state index contributed by atoms with van der Waals surface area (Å²) in [5.41, 5.74) is 12.2. The van der Waals surface area contributed by atoms with Gasteiger partial charge in [0.25, 0.3) is 0 Å². The number of benzene rings is 9. The SMILES string of the molecule is c1ccc(-c2cc3c4ccc(-c5ccc(N(c6ccccc6)c6ccc(-c7ccc8ccccc8c7)cc6)cc5)cc4oc3c3ccccc23)cc1. The Hall–Kier alpha value is -6.90. The lowest BCUT2D eigenvalue weighted by atomic mass is 9.95. The lowest BCUT2D eigenvalue weighted by molar-refractivity contribution is 0.673. The van der Waals surface area contributed by atoms with Crippen molar-refractivity contribution < 1.29 is 4.42 Å². The molecule has 10 rings (SSSR count). The molecule has 0 saturated heterocycles. The lowest BCUT2D eigenvalue weighted by Crippen LogP contribution is -2.09. The van der Waals surface area contributed by atoms with Crippen molar-refractivity contribution in [1.29, 1.82) is 0 Å². The van der Waals surface area contributed by atoms with E-state index in [-0.39, 0.29) is 0 Å². The molecule has 0 bridgehead atoms. The van der Waals surface area contributed by atoms with Crippen LogP contribution in [0, 0.1) is 0 Å².